The maximum absolute atomic E-state index is 6.75. The summed E-state index contributed by atoms with van der Waals surface area (Å²) >= 11 is 0. The normalized spacial score (nSPS) is 12.1. The summed E-state index contributed by atoms with van der Waals surface area (Å²) < 4.78 is 13.0. The van der Waals surface area contributed by atoms with Gasteiger partial charge < -0.3 is 8.83 Å². The van der Waals surface area contributed by atoms with Gasteiger partial charge in [-0.15, -0.1) is 0 Å². The molecule has 0 saturated heterocycles. The molecule has 0 spiro atoms. The summed E-state index contributed by atoms with van der Waals surface area (Å²) in [7, 11) is 0. The molecular formula is C56H32O2. The van der Waals surface area contributed by atoms with Crippen molar-refractivity contribution in [3.63, 3.8) is 0 Å². The average molecular weight is 737 g/mol. The molecule has 0 bridgehead atoms. The van der Waals surface area contributed by atoms with Crippen molar-refractivity contribution in [2.24, 2.45) is 0 Å². The van der Waals surface area contributed by atoms with Gasteiger partial charge in [0, 0.05) is 26.9 Å². The Kier molecular flexibility index (Phi) is 6.47. The van der Waals surface area contributed by atoms with Crippen LogP contribution in [0.3, 0.4) is 0 Å². The third-order valence-electron chi connectivity index (χ3n) is 12.5. The van der Waals surface area contributed by atoms with Crippen molar-refractivity contribution in [3.05, 3.63) is 194 Å². The van der Waals surface area contributed by atoms with Crippen LogP contribution in [0.1, 0.15) is 0 Å². The van der Waals surface area contributed by atoms with Crippen LogP contribution in [0.5, 0.6) is 0 Å². The fraction of sp³-hybridized carbons (Fsp3) is 0. The number of rotatable bonds is 3. The molecule has 13 aromatic rings. The van der Waals surface area contributed by atoms with Crippen molar-refractivity contribution < 1.29 is 8.83 Å². The molecule has 58 heavy (non-hydrogen) atoms. The molecule has 0 saturated carbocycles. The van der Waals surface area contributed by atoms with E-state index in [-0.39, 0.29) is 0 Å². The maximum atomic E-state index is 6.75. The van der Waals surface area contributed by atoms with Gasteiger partial charge in [-0.3, -0.25) is 0 Å². The van der Waals surface area contributed by atoms with Crippen molar-refractivity contribution >= 4 is 97.7 Å². The third kappa shape index (κ3) is 4.37. The fourth-order valence-electron chi connectivity index (χ4n) is 9.95. The van der Waals surface area contributed by atoms with Crippen LogP contribution < -0.4 is 0 Å². The van der Waals surface area contributed by atoms with E-state index in [1.807, 2.05) is 24.3 Å². The summed E-state index contributed by atoms with van der Waals surface area (Å²) in [5.41, 5.74) is 10.9. The molecule has 0 atom stereocenters. The first-order valence-electron chi connectivity index (χ1n) is 19.9. The van der Waals surface area contributed by atoms with Crippen LogP contribution in [0.25, 0.3) is 131 Å². The Morgan fingerprint density at radius 1 is 0.259 bits per heavy atom. The van der Waals surface area contributed by atoms with E-state index < -0.39 is 0 Å². The average Bonchev–Trinajstić information content (AvgIpc) is 3.86. The predicted octanol–water partition coefficient (Wildman–Crippen LogP) is 16.3. The lowest BCUT2D eigenvalue weighted by Gasteiger charge is -2.20. The molecular weight excluding hydrogens is 705 g/mol. The third-order valence-corrected chi connectivity index (χ3v) is 12.5. The lowest BCUT2D eigenvalue weighted by atomic mass is 9.83. The lowest BCUT2D eigenvalue weighted by molar-refractivity contribution is 0.664. The summed E-state index contributed by atoms with van der Waals surface area (Å²) in [6.45, 7) is 0. The van der Waals surface area contributed by atoms with Gasteiger partial charge in [-0.25, -0.2) is 0 Å². The van der Waals surface area contributed by atoms with Crippen molar-refractivity contribution in [2.75, 3.05) is 0 Å². The molecule has 2 heteroatoms. The Morgan fingerprint density at radius 3 is 1.48 bits per heavy atom. The highest BCUT2D eigenvalue weighted by Gasteiger charge is 2.21. The predicted molar refractivity (Wildman–Crippen MR) is 245 cm³/mol. The van der Waals surface area contributed by atoms with Gasteiger partial charge in [0.2, 0.25) is 0 Å². The van der Waals surface area contributed by atoms with E-state index in [1.54, 1.807) is 0 Å². The van der Waals surface area contributed by atoms with Gasteiger partial charge in [0.1, 0.15) is 22.3 Å². The minimum atomic E-state index is 0.868. The molecule has 0 N–H and O–H groups in total. The molecule has 2 aromatic heterocycles. The van der Waals surface area contributed by atoms with Crippen LogP contribution in [0, 0.1) is 0 Å². The van der Waals surface area contributed by atoms with E-state index in [2.05, 4.69) is 170 Å². The molecule has 11 aromatic carbocycles. The molecule has 0 unspecified atom stereocenters. The van der Waals surface area contributed by atoms with Gasteiger partial charge >= 0.3 is 0 Å². The molecule has 0 radical (unpaired) electrons. The summed E-state index contributed by atoms with van der Waals surface area (Å²) in [6, 6.07) is 70.4. The van der Waals surface area contributed by atoms with Crippen LogP contribution in [0.2, 0.25) is 0 Å². The number of para-hydroxylation sites is 1. The van der Waals surface area contributed by atoms with Gasteiger partial charge in [0.15, 0.2) is 0 Å². The Hall–Kier alpha value is -7.68. The number of furan rings is 2. The number of benzene rings is 11. The van der Waals surface area contributed by atoms with Gasteiger partial charge in [-0.1, -0.05) is 164 Å². The zero-order chi connectivity index (χ0) is 37.9. The van der Waals surface area contributed by atoms with Crippen LogP contribution in [-0.2, 0) is 0 Å². The minimum absolute atomic E-state index is 0.868. The van der Waals surface area contributed by atoms with Gasteiger partial charge in [0.25, 0.3) is 0 Å². The highest BCUT2D eigenvalue weighted by molar-refractivity contribution is 6.29. The zero-order valence-electron chi connectivity index (χ0n) is 31.3. The van der Waals surface area contributed by atoms with E-state index in [0.717, 1.165) is 60.2 Å². The molecule has 2 heterocycles. The first-order valence-corrected chi connectivity index (χ1v) is 19.9. The standard InChI is InChI=1S/C56H32O2/c1-2-14-36-33(12-1)13-11-22-40(36)52-41-17-5-7-19-43(41)53(44-20-8-6-18-42(44)52)45-29-28-37(38-15-3-4-16-39(38)45)35-25-24-34-26-27-47-55-51(58-56(47)48(34)32-35)31-30-50-54(55)46-21-9-10-23-49(46)57-50/h1-32H. The monoisotopic (exact) mass is 736 g/mol. The Bertz CT molecular complexity index is 3800. The van der Waals surface area contributed by atoms with Crippen LogP contribution in [0.4, 0.5) is 0 Å². The SMILES string of the molecule is c1ccc2c(-c3c4ccccc4c(-c4ccc(-c5ccc6ccc7c(oc8ccc9oc%10ccccc%10c9c87)c6c5)c5ccccc45)c4ccccc34)cccc2c1. The molecule has 0 aliphatic carbocycles. The second kappa shape index (κ2) is 11.9. The Morgan fingerprint density at radius 2 is 0.759 bits per heavy atom. The van der Waals surface area contributed by atoms with Crippen molar-refractivity contribution in [3.8, 4) is 33.4 Å². The highest BCUT2D eigenvalue weighted by atomic mass is 16.3. The van der Waals surface area contributed by atoms with E-state index in [1.165, 1.54) is 70.9 Å². The fourth-order valence-corrected chi connectivity index (χ4v) is 9.95. The van der Waals surface area contributed by atoms with E-state index in [4.69, 9.17) is 8.83 Å². The van der Waals surface area contributed by atoms with Crippen LogP contribution in [-0.4, -0.2) is 0 Å². The van der Waals surface area contributed by atoms with E-state index in [9.17, 15) is 0 Å². The Balaban J connectivity index is 1.05. The van der Waals surface area contributed by atoms with E-state index >= 15 is 0 Å². The number of hydrogen-bond donors (Lipinski definition) is 0. The molecule has 2 nitrogen and oxygen atoms in total. The molecule has 0 fully saturated rings. The lowest BCUT2D eigenvalue weighted by Crippen LogP contribution is -1.93. The van der Waals surface area contributed by atoms with Crippen molar-refractivity contribution in [2.45, 2.75) is 0 Å². The Labute approximate surface area is 332 Å². The maximum Gasteiger partial charge on any atom is 0.143 e. The highest BCUT2D eigenvalue weighted by Crippen LogP contribution is 2.48. The van der Waals surface area contributed by atoms with Crippen molar-refractivity contribution in [1.29, 1.82) is 0 Å². The summed E-state index contributed by atoms with van der Waals surface area (Å²) in [5.74, 6) is 0. The zero-order valence-corrected chi connectivity index (χ0v) is 31.3. The molecule has 0 amide bonds. The largest absolute Gasteiger partial charge is 0.456 e. The molecule has 13 rings (SSSR count). The summed E-state index contributed by atoms with van der Waals surface area (Å²) in [4.78, 5) is 0. The first kappa shape index (κ1) is 31.5. The summed E-state index contributed by atoms with van der Waals surface area (Å²) in [5, 5.41) is 16.6. The smallest absolute Gasteiger partial charge is 0.143 e. The summed E-state index contributed by atoms with van der Waals surface area (Å²) in [6.07, 6.45) is 0. The van der Waals surface area contributed by atoms with Crippen LogP contribution in [0.15, 0.2) is 203 Å². The van der Waals surface area contributed by atoms with E-state index in [0.29, 0.717) is 0 Å². The second-order valence-corrected chi connectivity index (χ2v) is 15.5. The van der Waals surface area contributed by atoms with Crippen molar-refractivity contribution in [1.82, 2.24) is 0 Å². The number of hydrogen-bond acceptors (Lipinski definition) is 2. The van der Waals surface area contributed by atoms with Gasteiger partial charge in [-0.2, -0.15) is 0 Å². The van der Waals surface area contributed by atoms with Gasteiger partial charge in [0.05, 0.1) is 0 Å². The van der Waals surface area contributed by atoms with Gasteiger partial charge in [-0.05, 0) is 112 Å². The van der Waals surface area contributed by atoms with Crippen LogP contribution >= 0.6 is 0 Å². The topological polar surface area (TPSA) is 26.3 Å². The number of fused-ring (bicyclic) bond motifs is 13. The minimum Gasteiger partial charge on any atom is -0.456 e. The second-order valence-electron chi connectivity index (χ2n) is 15.5. The molecule has 0 aliphatic heterocycles. The molecule has 0 aliphatic rings. The quantitative estimate of drug-likeness (QED) is 0.169. The molecule has 268 valence electrons. The first-order chi connectivity index (χ1) is 28.8.